The molecule has 4 aromatic rings. The van der Waals surface area contributed by atoms with E-state index in [2.05, 4.69) is 15.5 Å². The number of alkyl halides is 3. The van der Waals surface area contributed by atoms with Crippen LogP contribution in [-0.4, -0.2) is 38.5 Å². The van der Waals surface area contributed by atoms with Crippen LogP contribution in [0.25, 0.3) is 5.65 Å². The summed E-state index contributed by atoms with van der Waals surface area (Å²) in [7, 11) is 0. The highest BCUT2D eigenvalue weighted by atomic mass is 19.4. The van der Waals surface area contributed by atoms with E-state index in [9.17, 15) is 18.0 Å². The number of hydrogen-bond donors (Lipinski definition) is 1. The molecule has 2 aromatic carbocycles. The number of anilines is 2. The Labute approximate surface area is 194 Å². The average molecular weight is 465 g/mol. The number of carbonyl (C=O) groups excluding carboxylic acids is 1. The highest BCUT2D eigenvalue weighted by Crippen LogP contribution is 2.33. The smallest absolute Gasteiger partial charge is 0.355 e. The Balaban J connectivity index is 1.31. The second-order valence-electron chi connectivity index (χ2n) is 8.30. The Kier molecular flexibility index (Phi) is 5.69. The molecule has 1 fully saturated rings. The molecule has 0 unspecified atom stereocenters. The van der Waals surface area contributed by atoms with Crippen molar-refractivity contribution in [3.05, 3.63) is 89.9 Å². The van der Waals surface area contributed by atoms with Crippen molar-refractivity contribution in [2.75, 3.05) is 18.4 Å². The first kappa shape index (κ1) is 21.9. The molecule has 0 atom stereocenters. The maximum Gasteiger partial charge on any atom is 0.416 e. The Morgan fingerprint density at radius 2 is 1.71 bits per heavy atom. The fraction of sp³-hybridized carbons (Fsp3) is 0.240. The molecule has 6 nitrogen and oxygen atoms in total. The summed E-state index contributed by atoms with van der Waals surface area (Å²) < 4.78 is 41.2. The Hall–Kier alpha value is -3.88. The number of likely N-dealkylation sites (tertiary alicyclic amines) is 1. The van der Waals surface area contributed by atoms with Gasteiger partial charge in [-0.05, 0) is 55.3 Å². The summed E-state index contributed by atoms with van der Waals surface area (Å²) in [6.45, 7) is 1.12. The lowest BCUT2D eigenvalue weighted by atomic mass is 9.95. The SMILES string of the molecule is O=C(c1ccccc1Nc1cccc(C(F)(F)F)c1)N1CCC(c2nnc3ccccn23)CC1. The van der Waals surface area contributed by atoms with E-state index in [1.807, 2.05) is 28.8 Å². The molecule has 3 heterocycles. The maximum absolute atomic E-state index is 13.3. The van der Waals surface area contributed by atoms with Gasteiger partial charge in [0, 0.05) is 30.9 Å². The number of carbonyl (C=O) groups is 1. The summed E-state index contributed by atoms with van der Waals surface area (Å²) in [4.78, 5) is 15.1. The lowest BCUT2D eigenvalue weighted by molar-refractivity contribution is -0.137. The molecule has 0 radical (unpaired) electrons. The third-order valence-electron chi connectivity index (χ3n) is 6.11. The molecule has 1 aliphatic rings. The minimum absolute atomic E-state index is 0.153. The summed E-state index contributed by atoms with van der Waals surface area (Å²) in [6, 6.07) is 17.6. The molecular formula is C25H22F3N5O. The zero-order valence-electron chi connectivity index (χ0n) is 18.2. The van der Waals surface area contributed by atoms with Crippen molar-refractivity contribution in [1.82, 2.24) is 19.5 Å². The number of amides is 1. The number of hydrogen-bond acceptors (Lipinski definition) is 4. The number of benzene rings is 2. The molecule has 2 aromatic heterocycles. The molecule has 1 aliphatic heterocycles. The van der Waals surface area contributed by atoms with Crippen LogP contribution in [-0.2, 0) is 6.18 Å². The lowest BCUT2D eigenvalue weighted by Gasteiger charge is -2.31. The first-order valence-electron chi connectivity index (χ1n) is 11.0. The first-order chi connectivity index (χ1) is 16.4. The van der Waals surface area contributed by atoms with Crippen molar-refractivity contribution in [2.45, 2.75) is 24.9 Å². The molecule has 9 heteroatoms. The van der Waals surface area contributed by atoms with Crippen molar-refractivity contribution < 1.29 is 18.0 Å². The number of nitrogens with one attached hydrogen (secondary N) is 1. The van der Waals surface area contributed by atoms with Gasteiger partial charge in [-0.1, -0.05) is 24.3 Å². The van der Waals surface area contributed by atoms with Crippen LogP contribution in [0.4, 0.5) is 24.5 Å². The molecule has 1 saturated heterocycles. The van der Waals surface area contributed by atoms with E-state index in [4.69, 9.17) is 0 Å². The van der Waals surface area contributed by atoms with E-state index in [1.54, 1.807) is 35.2 Å². The van der Waals surface area contributed by atoms with Gasteiger partial charge >= 0.3 is 6.18 Å². The van der Waals surface area contributed by atoms with E-state index >= 15 is 0 Å². The van der Waals surface area contributed by atoms with Crippen LogP contribution in [0.3, 0.4) is 0 Å². The van der Waals surface area contributed by atoms with Crippen molar-refractivity contribution in [1.29, 1.82) is 0 Å². The first-order valence-corrected chi connectivity index (χ1v) is 11.0. The van der Waals surface area contributed by atoms with Crippen LogP contribution in [0.5, 0.6) is 0 Å². The van der Waals surface area contributed by atoms with Crippen LogP contribution in [0.15, 0.2) is 72.9 Å². The second kappa shape index (κ2) is 8.81. The van der Waals surface area contributed by atoms with Crippen LogP contribution in [0.2, 0.25) is 0 Å². The van der Waals surface area contributed by atoms with Gasteiger partial charge < -0.3 is 10.2 Å². The van der Waals surface area contributed by atoms with Crippen LogP contribution in [0, 0.1) is 0 Å². The van der Waals surface area contributed by atoms with E-state index in [0.717, 1.165) is 36.4 Å². The Morgan fingerprint density at radius 1 is 0.941 bits per heavy atom. The summed E-state index contributed by atoms with van der Waals surface area (Å²) in [5.41, 5.74) is 1.21. The van der Waals surface area contributed by atoms with Gasteiger partial charge in [0.05, 0.1) is 16.8 Å². The Bertz CT molecular complexity index is 1330. The summed E-state index contributed by atoms with van der Waals surface area (Å²) in [6.07, 6.45) is -0.986. The third kappa shape index (κ3) is 4.33. The standard InChI is InChI=1S/C25H22F3N5O/c26-25(27,28)18-6-5-7-19(16-18)29-21-9-2-1-8-20(21)24(34)32-14-11-17(12-15-32)23-31-30-22-10-3-4-13-33(22)23/h1-10,13,16-17,29H,11-12,14-15H2. The monoisotopic (exact) mass is 465 g/mol. The summed E-state index contributed by atoms with van der Waals surface area (Å²) in [5, 5.41) is 11.6. The normalized spacial score (nSPS) is 15.0. The van der Waals surface area contributed by atoms with E-state index in [0.29, 0.717) is 24.3 Å². The molecule has 0 spiro atoms. The van der Waals surface area contributed by atoms with Gasteiger partial charge in [0.1, 0.15) is 5.82 Å². The summed E-state index contributed by atoms with van der Waals surface area (Å²) in [5.74, 6) is 0.939. The summed E-state index contributed by atoms with van der Waals surface area (Å²) >= 11 is 0. The largest absolute Gasteiger partial charge is 0.416 e. The fourth-order valence-corrected chi connectivity index (χ4v) is 4.36. The van der Waals surface area contributed by atoms with Gasteiger partial charge in [-0.3, -0.25) is 9.20 Å². The minimum Gasteiger partial charge on any atom is -0.355 e. The molecule has 5 rings (SSSR count). The molecule has 174 valence electrons. The van der Waals surface area contributed by atoms with Gasteiger partial charge in [0.25, 0.3) is 5.91 Å². The molecule has 0 saturated carbocycles. The van der Waals surface area contributed by atoms with Gasteiger partial charge in [0.15, 0.2) is 5.65 Å². The average Bonchev–Trinajstić information content (AvgIpc) is 3.28. The number of para-hydroxylation sites is 1. The van der Waals surface area contributed by atoms with Crippen molar-refractivity contribution in [3.63, 3.8) is 0 Å². The number of nitrogens with zero attached hydrogens (tertiary/aromatic N) is 4. The number of aromatic nitrogens is 3. The topological polar surface area (TPSA) is 62.5 Å². The molecular weight excluding hydrogens is 443 g/mol. The van der Waals surface area contributed by atoms with Gasteiger partial charge in [0.2, 0.25) is 0 Å². The second-order valence-corrected chi connectivity index (χ2v) is 8.30. The lowest BCUT2D eigenvalue weighted by Crippen LogP contribution is -2.38. The van der Waals surface area contributed by atoms with E-state index < -0.39 is 11.7 Å². The van der Waals surface area contributed by atoms with Crippen LogP contribution >= 0.6 is 0 Å². The predicted molar refractivity (Wildman–Crippen MR) is 122 cm³/mol. The maximum atomic E-state index is 13.3. The van der Waals surface area contributed by atoms with Crippen LogP contribution in [0.1, 0.15) is 40.5 Å². The zero-order chi connectivity index (χ0) is 23.7. The van der Waals surface area contributed by atoms with Crippen LogP contribution < -0.4 is 5.32 Å². The van der Waals surface area contributed by atoms with E-state index in [-0.39, 0.29) is 17.5 Å². The molecule has 1 N–H and O–H groups in total. The van der Waals surface area contributed by atoms with Crippen molar-refractivity contribution >= 4 is 22.9 Å². The number of rotatable bonds is 4. The Morgan fingerprint density at radius 3 is 2.50 bits per heavy atom. The zero-order valence-corrected chi connectivity index (χ0v) is 18.2. The fourth-order valence-electron chi connectivity index (χ4n) is 4.36. The van der Waals surface area contributed by atoms with E-state index in [1.165, 1.54) is 6.07 Å². The molecule has 0 bridgehead atoms. The highest BCUT2D eigenvalue weighted by Gasteiger charge is 2.31. The van der Waals surface area contributed by atoms with Crippen molar-refractivity contribution in [3.8, 4) is 0 Å². The van der Waals surface area contributed by atoms with Crippen molar-refractivity contribution in [2.24, 2.45) is 0 Å². The number of pyridine rings is 1. The number of piperidine rings is 1. The highest BCUT2D eigenvalue weighted by molar-refractivity contribution is 6.00. The number of halogens is 3. The molecule has 34 heavy (non-hydrogen) atoms. The molecule has 1 amide bonds. The molecule has 0 aliphatic carbocycles. The van der Waals surface area contributed by atoms with Gasteiger partial charge in [-0.2, -0.15) is 13.2 Å². The number of fused-ring (bicyclic) bond motifs is 1. The van der Waals surface area contributed by atoms with Gasteiger partial charge in [-0.25, -0.2) is 0 Å². The minimum atomic E-state index is -4.44. The predicted octanol–water partition coefficient (Wildman–Crippen LogP) is 5.51. The van der Waals surface area contributed by atoms with Gasteiger partial charge in [-0.15, -0.1) is 10.2 Å². The quantitative estimate of drug-likeness (QED) is 0.432. The third-order valence-corrected chi connectivity index (χ3v) is 6.11.